The van der Waals surface area contributed by atoms with Crippen molar-refractivity contribution in [3.05, 3.63) is 29.8 Å². The van der Waals surface area contributed by atoms with Gasteiger partial charge in [0.25, 0.3) is 0 Å². The van der Waals surface area contributed by atoms with Crippen LogP contribution in [0.15, 0.2) is 24.3 Å². The second kappa shape index (κ2) is 24.9. The van der Waals surface area contributed by atoms with E-state index < -0.39 is 18.0 Å². The Balaban J connectivity index is 0.00000202. The minimum Gasteiger partial charge on any atom is -0.508 e. The first kappa shape index (κ1) is 40.5. The van der Waals surface area contributed by atoms with E-state index in [1.165, 1.54) is 12.1 Å². The van der Waals surface area contributed by atoms with Gasteiger partial charge >= 0.3 is 0 Å². The molecule has 3 atom stereocenters. The van der Waals surface area contributed by atoms with Crippen molar-refractivity contribution >= 4 is 29.9 Å². The summed E-state index contributed by atoms with van der Waals surface area (Å²) in [6.07, 6.45) is 9.02. The molecule has 1 rings (SSSR count). The fraction of sp³-hybridized carbons (Fsp3) is 0.667. The molecule has 0 fully saturated rings. The van der Waals surface area contributed by atoms with Crippen LogP contribution < -0.4 is 21.7 Å². The van der Waals surface area contributed by atoms with E-state index in [2.05, 4.69) is 27.8 Å². The number of carbonyl (C=O) groups is 5. The van der Waals surface area contributed by atoms with E-state index in [0.717, 1.165) is 50.5 Å². The molecule has 11 heteroatoms. The summed E-state index contributed by atoms with van der Waals surface area (Å²) in [5, 5.41) is 18.1. The number of aromatic hydroxyl groups is 1. The molecule has 0 heterocycles. The van der Waals surface area contributed by atoms with E-state index in [1.807, 2.05) is 27.9 Å². The van der Waals surface area contributed by atoms with Gasteiger partial charge in [0.2, 0.25) is 23.6 Å². The molecular formula is C33H57N5O6. The summed E-state index contributed by atoms with van der Waals surface area (Å²) in [6.45, 7) is 7.35. The van der Waals surface area contributed by atoms with Gasteiger partial charge in [0.15, 0.2) is 0 Å². The van der Waals surface area contributed by atoms with E-state index in [0.29, 0.717) is 45.1 Å². The summed E-state index contributed by atoms with van der Waals surface area (Å²) in [5.74, 6) is -1.23. The first-order valence-electron chi connectivity index (χ1n) is 16.0. The van der Waals surface area contributed by atoms with Gasteiger partial charge in [-0.3, -0.25) is 19.2 Å². The molecule has 4 amide bonds. The number of amides is 4. The fourth-order valence-electron chi connectivity index (χ4n) is 4.25. The third-order valence-corrected chi connectivity index (χ3v) is 7.15. The number of nitrogens with one attached hydrogen (secondary N) is 3. The predicted octanol–water partition coefficient (Wildman–Crippen LogP) is 3.22. The van der Waals surface area contributed by atoms with Gasteiger partial charge < -0.3 is 36.5 Å². The minimum absolute atomic E-state index is 0.113. The molecule has 0 saturated carbocycles. The maximum Gasteiger partial charge on any atom is 0.243 e. The average Bonchev–Trinajstić information content (AvgIpc) is 2.98. The number of nitrogens with zero attached hydrogens (tertiary/aromatic N) is 1. The zero-order valence-electron chi connectivity index (χ0n) is 27.5. The monoisotopic (exact) mass is 619 g/mol. The Hall–Kier alpha value is -3.47. The number of hydrogen-bond donors (Lipinski definition) is 5. The second-order valence-corrected chi connectivity index (χ2v) is 11.5. The summed E-state index contributed by atoms with van der Waals surface area (Å²) >= 11 is 0. The molecule has 6 N–H and O–H groups in total. The third-order valence-electron chi connectivity index (χ3n) is 7.15. The number of phenols is 1. The quantitative estimate of drug-likeness (QED) is 0.0980. The van der Waals surface area contributed by atoms with Gasteiger partial charge in [-0.25, -0.2) is 0 Å². The molecule has 250 valence electrons. The maximum atomic E-state index is 13.3. The molecule has 0 radical (unpaired) electrons. The van der Waals surface area contributed by atoms with Crippen LogP contribution in [-0.4, -0.2) is 79.2 Å². The van der Waals surface area contributed by atoms with Crippen LogP contribution in [0.3, 0.4) is 0 Å². The van der Waals surface area contributed by atoms with Crippen molar-refractivity contribution in [1.82, 2.24) is 20.9 Å². The maximum absolute atomic E-state index is 13.3. The van der Waals surface area contributed by atoms with Crippen LogP contribution in [0.1, 0.15) is 97.0 Å². The molecule has 0 aliphatic rings. The minimum atomic E-state index is -0.850. The Morgan fingerprint density at radius 1 is 0.909 bits per heavy atom. The van der Waals surface area contributed by atoms with Crippen LogP contribution in [0.25, 0.3) is 0 Å². The molecule has 11 nitrogen and oxygen atoms in total. The van der Waals surface area contributed by atoms with Gasteiger partial charge in [0.05, 0.1) is 0 Å². The molecule has 0 aromatic heterocycles. The van der Waals surface area contributed by atoms with Crippen LogP contribution in [0.4, 0.5) is 0 Å². The Labute approximate surface area is 264 Å². The van der Waals surface area contributed by atoms with Crippen molar-refractivity contribution in [3.63, 3.8) is 0 Å². The van der Waals surface area contributed by atoms with Crippen LogP contribution in [0.2, 0.25) is 0 Å². The van der Waals surface area contributed by atoms with E-state index in [4.69, 9.17) is 5.73 Å². The highest BCUT2D eigenvalue weighted by Crippen LogP contribution is 2.13. The van der Waals surface area contributed by atoms with Crippen molar-refractivity contribution in [2.45, 2.75) is 110 Å². The summed E-state index contributed by atoms with van der Waals surface area (Å²) in [7, 11) is 4.01. The number of benzene rings is 1. The van der Waals surface area contributed by atoms with Gasteiger partial charge in [-0.05, 0) is 69.9 Å². The number of phenolic OH excluding ortho intramolecular Hbond substituents is 1. The Bertz CT molecular complexity index is 970. The van der Waals surface area contributed by atoms with E-state index in [1.54, 1.807) is 12.1 Å². The smallest absolute Gasteiger partial charge is 0.243 e. The predicted molar refractivity (Wildman–Crippen MR) is 174 cm³/mol. The summed E-state index contributed by atoms with van der Waals surface area (Å²) < 4.78 is 0. The van der Waals surface area contributed by atoms with E-state index in [9.17, 15) is 29.1 Å². The topological polar surface area (TPSA) is 171 Å². The lowest BCUT2D eigenvalue weighted by atomic mass is 9.97. The molecule has 0 bridgehead atoms. The van der Waals surface area contributed by atoms with Gasteiger partial charge in [-0.1, -0.05) is 58.6 Å². The number of aldehydes is 1. The summed E-state index contributed by atoms with van der Waals surface area (Å²) in [6, 6.07) is 4.88. The second-order valence-electron chi connectivity index (χ2n) is 11.5. The highest BCUT2D eigenvalue weighted by molar-refractivity contribution is 5.92. The molecule has 0 aliphatic carbocycles. The molecule has 0 saturated heterocycles. The highest BCUT2D eigenvalue weighted by atomic mass is 16.3. The average molecular weight is 620 g/mol. The van der Waals surface area contributed by atoms with E-state index in [-0.39, 0.29) is 35.8 Å². The Kier molecular flexibility index (Phi) is 23.0. The Morgan fingerprint density at radius 2 is 1.57 bits per heavy atom. The van der Waals surface area contributed by atoms with Gasteiger partial charge in [-0.15, -0.1) is 0 Å². The number of hydrogen-bond acceptors (Lipinski definition) is 7. The number of primary amides is 1. The summed E-state index contributed by atoms with van der Waals surface area (Å²) in [4.78, 5) is 61.4. The Morgan fingerprint density at radius 3 is 2.14 bits per heavy atom. The highest BCUT2D eigenvalue weighted by Gasteiger charge is 2.29. The SMILES string of the molecule is CCCCCC(=O)N[C@@H](Cc1ccc(O)cc1)C(=O)N[C@H](C(=O)NCCCCCC(N)=O)[C@@H](C)CC.CN(C)CCCC=O. The standard InChI is InChI=1S/C27H44N4O5.C6H13NO/c1-4-6-8-12-24(34)30-22(18-20-13-15-21(32)16-14-20)26(35)31-25(19(3)5-2)27(36)29-17-10-7-9-11-23(28)33;1-7(2)5-3-4-6-8/h13-16,19,22,25,32H,4-12,17-18H2,1-3H3,(H2,28,33)(H,29,36)(H,30,34)(H,31,35);6H,3-5H2,1-2H3/t19-,22-,25-;/m0./s1. The van der Waals surface area contributed by atoms with Gasteiger partial charge in [-0.2, -0.15) is 0 Å². The van der Waals surface area contributed by atoms with Crippen molar-refractivity contribution in [2.24, 2.45) is 11.7 Å². The van der Waals surface area contributed by atoms with Gasteiger partial charge in [0, 0.05) is 32.2 Å². The largest absolute Gasteiger partial charge is 0.508 e. The zero-order chi connectivity index (χ0) is 33.3. The van der Waals surface area contributed by atoms with Crippen LogP contribution >= 0.6 is 0 Å². The van der Waals surface area contributed by atoms with E-state index >= 15 is 0 Å². The van der Waals surface area contributed by atoms with Crippen molar-refractivity contribution < 1.29 is 29.1 Å². The first-order chi connectivity index (χ1) is 20.9. The zero-order valence-corrected chi connectivity index (χ0v) is 27.5. The van der Waals surface area contributed by atoms with Crippen LogP contribution in [0.5, 0.6) is 5.75 Å². The molecule has 0 aliphatic heterocycles. The van der Waals surface area contributed by atoms with Gasteiger partial charge in [0.1, 0.15) is 24.1 Å². The van der Waals surface area contributed by atoms with Crippen molar-refractivity contribution in [3.8, 4) is 5.75 Å². The molecule has 0 unspecified atom stereocenters. The number of unbranched alkanes of at least 4 members (excludes halogenated alkanes) is 5. The fourth-order valence-corrected chi connectivity index (χ4v) is 4.25. The number of nitrogens with two attached hydrogens (primary N) is 1. The molecule has 0 spiro atoms. The third kappa shape index (κ3) is 20.4. The lowest BCUT2D eigenvalue weighted by Crippen LogP contribution is -2.56. The molecule has 1 aromatic carbocycles. The number of carbonyl (C=O) groups excluding carboxylic acids is 5. The number of rotatable bonds is 22. The lowest BCUT2D eigenvalue weighted by molar-refractivity contribution is -0.133. The lowest BCUT2D eigenvalue weighted by Gasteiger charge is -2.26. The van der Waals surface area contributed by atoms with Crippen molar-refractivity contribution in [2.75, 3.05) is 27.2 Å². The molecule has 44 heavy (non-hydrogen) atoms. The van der Waals surface area contributed by atoms with Crippen LogP contribution in [0, 0.1) is 5.92 Å². The molecule has 1 aromatic rings. The normalized spacial score (nSPS) is 12.7. The van der Waals surface area contributed by atoms with Crippen LogP contribution in [-0.2, 0) is 30.4 Å². The van der Waals surface area contributed by atoms with Crippen molar-refractivity contribution in [1.29, 1.82) is 0 Å². The first-order valence-corrected chi connectivity index (χ1v) is 16.0. The summed E-state index contributed by atoms with van der Waals surface area (Å²) in [5.41, 5.74) is 5.92. The molecular weight excluding hydrogens is 562 g/mol.